The number of imidazole rings is 1. The summed E-state index contributed by atoms with van der Waals surface area (Å²) in [6.07, 6.45) is 0. The van der Waals surface area contributed by atoms with E-state index in [2.05, 4.69) is 4.98 Å². The van der Waals surface area contributed by atoms with E-state index in [-0.39, 0.29) is 5.69 Å². The van der Waals surface area contributed by atoms with Crippen molar-refractivity contribution in [3.63, 3.8) is 0 Å². The summed E-state index contributed by atoms with van der Waals surface area (Å²) in [5.41, 5.74) is 6.11. The lowest BCUT2D eigenvalue weighted by molar-refractivity contribution is 0.0521. The van der Waals surface area contributed by atoms with Gasteiger partial charge in [-0.05, 0) is 27.9 Å². The molecule has 0 spiro atoms. The fourth-order valence-corrected chi connectivity index (χ4v) is 1.51. The molecule has 0 aliphatic heterocycles. The number of nitrogen functional groups attached to an aromatic ring is 1. The summed E-state index contributed by atoms with van der Waals surface area (Å²) >= 11 is 0. The number of hydrogen-bond acceptors (Lipinski definition) is 5. The molecule has 0 bridgehead atoms. The number of rotatable bonds is 5. The van der Waals surface area contributed by atoms with Crippen molar-refractivity contribution in [3.8, 4) is 0 Å². The number of anilines is 1. The van der Waals surface area contributed by atoms with Gasteiger partial charge in [-0.2, -0.15) is 0 Å². The third-order valence-electron chi connectivity index (χ3n) is 2.44. The van der Waals surface area contributed by atoms with Crippen molar-refractivity contribution < 1.29 is 9.53 Å². The minimum Gasteiger partial charge on any atom is -0.461 e. The monoisotopic (exact) mass is 240 g/mol. The van der Waals surface area contributed by atoms with Crippen LogP contribution in [0, 0.1) is 6.92 Å². The second-order valence-corrected chi connectivity index (χ2v) is 4.07. The first kappa shape index (κ1) is 13.5. The molecule has 0 amide bonds. The first-order chi connectivity index (χ1) is 7.97. The minimum absolute atomic E-state index is 0.211. The third-order valence-corrected chi connectivity index (χ3v) is 2.44. The van der Waals surface area contributed by atoms with Gasteiger partial charge in [-0.3, -0.25) is 0 Å². The summed E-state index contributed by atoms with van der Waals surface area (Å²) in [5.74, 6) is 0.645. The summed E-state index contributed by atoms with van der Waals surface area (Å²) in [7, 11) is 3.96. The van der Waals surface area contributed by atoms with Crippen LogP contribution in [0.25, 0.3) is 0 Å². The van der Waals surface area contributed by atoms with E-state index in [4.69, 9.17) is 10.5 Å². The number of carbonyl (C=O) groups is 1. The molecule has 0 saturated carbocycles. The van der Waals surface area contributed by atoms with Crippen LogP contribution in [0.3, 0.4) is 0 Å². The Morgan fingerprint density at radius 1 is 1.53 bits per heavy atom. The fraction of sp³-hybridized carbons (Fsp3) is 0.636. The summed E-state index contributed by atoms with van der Waals surface area (Å²) < 4.78 is 6.72. The molecule has 0 fully saturated rings. The summed E-state index contributed by atoms with van der Waals surface area (Å²) in [4.78, 5) is 17.8. The van der Waals surface area contributed by atoms with E-state index in [1.807, 2.05) is 30.5 Å². The molecule has 1 rings (SSSR count). The van der Waals surface area contributed by atoms with Crippen molar-refractivity contribution in [1.29, 1.82) is 0 Å². The number of aryl methyl sites for hydroxylation is 1. The number of ether oxygens (including phenoxy) is 1. The van der Waals surface area contributed by atoms with Crippen LogP contribution >= 0.6 is 0 Å². The normalized spacial score (nSPS) is 10.9. The van der Waals surface area contributed by atoms with Crippen LogP contribution in [0.15, 0.2) is 0 Å². The van der Waals surface area contributed by atoms with Gasteiger partial charge in [0.1, 0.15) is 11.6 Å². The molecule has 6 nitrogen and oxygen atoms in total. The Bertz CT molecular complexity index is 398. The number of nitrogens with zero attached hydrogens (tertiary/aromatic N) is 3. The van der Waals surface area contributed by atoms with Crippen molar-refractivity contribution >= 4 is 11.8 Å². The summed E-state index contributed by atoms with van der Waals surface area (Å²) in [5, 5.41) is 0. The molecule has 0 radical (unpaired) electrons. The molecule has 1 heterocycles. The van der Waals surface area contributed by atoms with Crippen LogP contribution < -0.4 is 5.73 Å². The lowest BCUT2D eigenvalue weighted by atomic mass is 10.4. The molecular weight excluding hydrogens is 220 g/mol. The van der Waals surface area contributed by atoms with Crippen molar-refractivity contribution in [1.82, 2.24) is 14.5 Å². The molecular formula is C11H20N4O2. The third kappa shape index (κ3) is 3.20. The van der Waals surface area contributed by atoms with Gasteiger partial charge >= 0.3 is 5.97 Å². The maximum Gasteiger partial charge on any atom is 0.360 e. The van der Waals surface area contributed by atoms with E-state index in [9.17, 15) is 4.79 Å². The Balaban J connectivity index is 2.89. The standard InChI is InChI=1S/C11H20N4O2/c1-5-17-11(16)9-10(12)15(8(2)13-9)7-6-14(3)4/h5-7,12H2,1-4H3. The number of hydrogen-bond donors (Lipinski definition) is 1. The van der Waals surface area contributed by atoms with Gasteiger partial charge in [-0.25, -0.2) is 9.78 Å². The highest BCUT2D eigenvalue weighted by Gasteiger charge is 2.19. The maximum absolute atomic E-state index is 11.6. The molecule has 2 N–H and O–H groups in total. The highest BCUT2D eigenvalue weighted by molar-refractivity contribution is 5.92. The van der Waals surface area contributed by atoms with Crippen LogP contribution in [0.2, 0.25) is 0 Å². The van der Waals surface area contributed by atoms with E-state index in [0.717, 1.165) is 12.4 Å². The van der Waals surface area contributed by atoms with Crippen molar-refractivity contribution in [2.75, 3.05) is 33.0 Å². The molecule has 0 unspecified atom stereocenters. The van der Waals surface area contributed by atoms with E-state index < -0.39 is 5.97 Å². The van der Waals surface area contributed by atoms with Crippen molar-refractivity contribution in [2.45, 2.75) is 20.4 Å². The fourth-order valence-electron chi connectivity index (χ4n) is 1.51. The summed E-state index contributed by atoms with van der Waals surface area (Å²) in [6.45, 7) is 5.45. The first-order valence-corrected chi connectivity index (χ1v) is 5.61. The Morgan fingerprint density at radius 3 is 2.71 bits per heavy atom. The number of esters is 1. The second kappa shape index (κ2) is 5.67. The molecule has 17 heavy (non-hydrogen) atoms. The Hall–Kier alpha value is -1.56. The molecule has 1 aromatic rings. The zero-order valence-corrected chi connectivity index (χ0v) is 10.9. The zero-order chi connectivity index (χ0) is 13.0. The van der Waals surface area contributed by atoms with Gasteiger partial charge in [0.25, 0.3) is 0 Å². The van der Waals surface area contributed by atoms with Crippen LogP contribution in [0.5, 0.6) is 0 Å². The quantitative estimate of drug-likeness (QED) is 0.759. The smallest absolute Gasteiger partial charge is 0.360 e. The van der Waals surface area contributed by atoms with Gasteiger partial charge in [0, 0.05) is 13.1 Å². The minimum atomic E-state index is -0.461. The Labute approximate surface area is 101 Å². The summed E-state index contributed by atoms with van der Waals surface area (Å²) in [6, 6.07) is 0. The Morgan fingerprint density at radius 2 is 2.18 bits per heavy atom. The van der Waals surface area contributed by atoms with Crippen LogP contribution in [0.4, 0.5) is 5.82 Å². The van der Waals surface area contributed by atoms with Crippen molar-refractivity contribution in [3.05, 3.63) is 11.5 Å². The molecule has 0 aliphatic rings. The second-order valence-electron chi connectivity index (χ2n) is 4.07. The topological polar surface area (TPSA) is 73.4 Å². The predicted octanol–water partition coefficient (Wildman–Crippen LogP) is 0.512. The van der Waals surface area contributed by atoms with E-state index >= 15 is 0 Å². The molecule has 0 atom stereocenters. The molecule has 0 saturated heterocycles. The highest BCUT2D eigenvalue weighted by atomic mass is 16.5. The molecule has 0 aliphatic carbocycles. The van der Waals surface area contributed by atoms with E-state index in [1.54, 1.807) is 6.92 Å². The predicted molar refractivity (Wildman–Crippen MR) is 65.9 cm³/mol. The highest BCUT2D eigenvalue weighted by Crippen LogP contribution is 2.15. The molecule has 0 aromatic carbocycles. The largest absolute Gasteiger partial charge is 0.461 e. The lowest BCUT2D eigenvalue weighted by Crippen LogP contribution is -2.20. The van der Waals surface area contributed by atoms with Gasteiger partial charge in [-0.1, -0.05) is 0 Å². The van der Waals surface area contributed by atoms with Crippen LogP contribution in [-0.2, 0) is 11.3 Å². The maximum atomic E-state index is 11.6. The van der Waals surface area contributed by atoms with Crippen molar-refractivity contribution in [2.24, 2.45) is 0 Å². The average Bonchev–Trinajstić information content (AvgIpc) is 2.52. The van der Waals surface area contributed by atoms with Gasteiger partial charge in [0.15, 0.2) is 5.69 Å². The van der Waals surface area contributed by atoms with E-state index in [0.29, 0.717) is 19.0 Å². The number of carbonyl (C=O) groups excluding carboxylic acids is 1. The average molecular weight is 240 g/mol. The lowest BCUT2D eigenvalue weighted by Gasteiger charge is -2.12. The van der Waals surface area contributed by atoms with E-state index in [1.165, 1.54) is 0 Å². The first-order valence-electron chi connectivity index (χ1n) is 5.61. The number of aromatic nitrogens is 2. The Kier molecular flexibility index (Phi) is 4.51. The van der Waals surface area contributed by atoms with Crippen LogP contribution in [-0.4, -0.2) is 47.7 Å². The molecule has 96 valence electrons. The SMILES string of the molecule is CCOC(=O)c1nc(C)n(CCN(C)C)c1N. The number of nitrogens with two attached hydrogens (primary N) is 1. The zero-order valence-electron chi connectivity index (χ0n) is 10.9. The van der Waals surface area contributed by atoms with Gasteiger partial charge < -0.3 is 19.9 Å². The van der Waals surface area contributed by atoms with Crippen LogP contribution in [0.1, 0.15) is 23.2 Å². The van der Waals surface area contributed by atoms with Gasteiger partial charge in [-0.15, -0.1) is 0 Å². The van der Waals surface area contributed by atoms with Gasteiger partial charge in [0.05, 0.1) is 6.61 Å². The van der Waals surface area contributed by atoms with Gasteiger partial charge in [0.2, 0.25) is 0 Å². The molecule has 6 heteroatoms. The molecule has 1 aromatic heterocycles. The number of likely N-dealkylation sites (N-methyl/N-ethyl adjacent to an activating group) is 1.